The Balaban J connectivity index is 1.93. The van der Waals surface area contributed by atoms with E-state index in [1.807, 2.05) is 29.2 Å². The molecule has 2 amide bonds. The molecule has 4 heteroatoms. The number of nitrogens with two attached hydrogens (primary N) is 1. The van der Waals surface area contributed by atoms with Gasteiger partial charge in [0, 0.05) is 25.3 Å². The first kappa shape index (κ1) is 12.9. The normalized spacial score (nSPS) is 19.7. The lowest BCUT2D eigenvalue weighted by molar-refractivity contribution is 0.182. The van der Waals surface area contributed by atoms with E-state index in [0.29, 0.717) is 12.5 Å². The van der Waals surface area contributed by atoms with E-state index in [0.717, 1.165) is 30.8 Å². The van der Waals surface area contributed by atoms with Gasteiger partial charge in [-0.2, -0.15) is 0 Å². The quantitative estimate of drug-likeness (QED) is 0.843. The highest BCUT2D eigenvalue weighted by Crippen LogP contribution is 2.17. The Morgan fingerprint density at radius 2 is 2.17 bits per heavy atom. The first-order chi connectivity index (χ1) is 8.69. The summed E-state index contributed by atoms with van der Waals surface area (Å²) >= 11 is 0. The van der Waals surface area contributed by atoms with E-state index in [9.17, 15) is 4.79 Å². The highest BCUT2D eigenvalue weighted by Gasteiger charge is 2.20. The number of amides is 2. The van der Waals surface area contributed by atoms with Crippen molar-refractivity contribution in [2.75, 3.05) is 18.4 Å². The van der Waals surface area contributed by atoms with Gasteiger partial charge in [0.2, 0.25) is 0 Å². The van der Waals surface area contributed by atoms with Crippen LogP contribution in [0.15, 0.2) is 24.3 Å². The number of urea groups is 1. The molecule has 1 fully saturated rings. The Bertz CT molecular complexity index is 402. The lowest BCUT2D eigenvalue weighted by atomic mass is 10.0. The first-order valence-corrected chi connectivity index (χ1v) is 6.54. The fourth-order valence-corrected chi connectivity index (χ4v) is 2.30. The van der Waals surface area contributed by atoms with Crippen molar-refractivity contribution in [1.82, 2.24) is 4.90 Å². The number of hydrogen-bond acceptors (Lipinski definition) is 2. The number of piperidine rings is 1. The molecule has 1 aliphatic heterocycles. The lowest BCUT2D eigenvalue weighted by Crippen LogP contribution is -2.41. The Kier molecular flexibility index (Phi) is 4.20. The summed E-state index contributed by atoms with van der Waals surface area (Å²) in [5.74, 6) is 0.601. The minimum Gasteiger partial charge on any atom is -0.326 e. The highest BCUT2D eigenvalue weighted by atomic mass is 16.2. The second-order valence-electron chi connectivity index (χ2n) is 5.02. The number of anilines is 1. The van der Waals surface area contributed by atoms with Crippen molar-refractivity contribution in [2.45, 2.75) is 26.3 Å². The van der Waals surface area contributed by atoms with E-state index in [1.54, 1.807) is 0 Å². The van der Waals surface area contributed by atoms with Gasteiger partial charge in [-0.1, -0.05) is 19.1 Å². The summed E-state index contributed by atoms with van der Waals surface area (Å²) in [7, 11) is 0. The van der Waals surface area contributed by atoms with Gasteiger partial charge in [0.1, 0.15) is 0 Å². The zero-order chi connectivity index (χ0) is 13.0. The van der Waals surface area contributed by atoms with Crippen molar-refractivity contribution < 1.29 is 4.79 Å². The SMILES string of the molecule is CC1CCCN(C(=O)Nc2ccc(CN)cc2)C1. The zero-order valence-electron chi connectivity index (χ0n) is 10.9. The number of benzene rings is 1. The van der Waals surface area contributed by atoms with Crippen LogP contribution in [-0.2, 0) is 6.54 Å². The molecular weight excluding hydrogens is 226 g/mol. The molecule has 1 unspecified atom stereocenters. The van der Waals surface area contributed by atoms with Gasteiger partial charge in [-0.25, -0.2) is 4.79 Å². The van der Waals surface area contributed by atoms with Crippen LogP contribution in [0.2, 0.25) is 0 Å². The van der Waals surface area contributed by atoms with E-state index in [1.165, 1.54) is 6.42 Å². The maximum atomic E-state index is 12.1. The molecule has 2 rings (SSSR count). The van der Waals surface area contributed by atoms with E-state index >= 15 is 0 Å². The summed E-state index contributed by atoms with van der Waals surface area (Å²) in [4.78, 5) is 14.0. The van der Waals surface area contributed by atoms with Gasteiger partial charge in [-0.15, -0.1) is 0 Å². The third-order valence-corrected chi connectivity index (χ3v) is 3.39. The Morgan fingerprint density at radius 1 is 1.44 bits per heavy atom. The molecule has 1 aromatic rings. The van der Waals surface area contributed by atoms with Gasteiger partial charge in [-0.05, 0) is 36.5 Å². The summed E-state index contributed by atoms with van der Waals surface area (Å²) in [5, 5.41) is 2.93. The molecule has 3 N–H and O–H groups in total. The summed E-state index contributed by atoms with van der Waals surface area (Å²) in [6.07, 6.45) is 2.32. The number of rotatable bonds is 2. The van der Waals surface area contributed by atoms with Crippen molar-refractivity contribution in [2.24, 2.45) is 11.7 Å². The minimum absolute atomic E-state index is 0.00190. The van der Waals surface area contributed by atoms with E-state index in [-0.39, 0.29) is 6.03 Å². The van der Waals surface area contributed by atoms with Crippen LogP contribution >= 0.6 is 0 Å². The fraction of sp³-hybridized carbons (Fsp3) is 0.500. The molecule has 0 aliphatic carbocycles. The van der Waals surface area contributed by atoms with Gasteiger partial charge >= 0.3 is 6.03 Å². The van der Waals surface area contributed by atoms with Crippen LogP contribution in [0, 0.1) is 5.92 Å². The van der Waals surface area contributed by atoms with Crippen LogP contribution in [0.3, 0.4) is 0 Å². The summed E-state index contributed by atoms with van der Waals surface area (Å²) in [6.45, 7) is 4.43. The molecule has 0 radical (unpaired) electrons. The molecule has 1 atom stereocenters. The third kappa shape index (κ3) is 3.23. The molecule has 0 bridgehead atoms. The average Bonchev–Trinajstić information content (AvgIpc) is 2.39. The van der Waals surface area contributed by atoms with Crippen LogP contribution in [0.1, 0.15) is 25.3 Å². The van der Waals surface area contributed by atoms with E-state index in [2.05, 4.69) is 12.2 Å². The summed E-state index contributed by atoms with van der Waals surface area (Å²) in [5.41, 5.74) is 7.44. The van der Waals surface area contributed by atoms with Crippen molar-refractivity contribution in [3.63, 3.8) is 0 Å². The maximum Gasteiger partial charge on any atom is 0.321 e. The molecule has 1 heterocycles. The second kappa shape index (κ2) is 5.87. The molecule has 1 aromatic carbocycles. The number of nitrogens with one attached hydrogen (secondary N) is 1. The van der Waals surface area contributed by atoms with Gasteiger partial charge in [0.05, 0.1) is 0 Å². The van der Waals surface area contributed by atoms with Crippen LogP contribution < -0.4 is 11.1 Å². The Labute approximate surface area is 108 Å². The predicted octanol–water partition coefficient (Wildman–Crippen LogP) is 2.41. The zero-order valence-corrected chi connectivity index (χ0v) is 10.9. The standard InChI is InChI=1S/C14H21N3O/c1-11-3-2-8-17(10-11)14(18)16-13-6-4-12(9-15)5-7-13/h4-7,11H,2-3,8-10,15H2,1H3,(H,16,18). The number of carbonyl (C=O) groups is 1. The lowest BCUT2D eigenvalue weighted by Gasteiger charge is -2.30. The number of carbonyl (C=O) groups excluding carboxylic acids is 1. The first-order valence-electron chi connectivity index (χ1n) is 6.54. The van der Waals surface area contributed by atoms with Crippen molar-refractivity contribution in [1.29, 1.82) is 0 Å². The molecule has 0 spiro atoms. The maximum absolute atomic E-state index is 12.1. The smallest absolute Gasteiger partial charge is 0.321 e. The molecule has 18 heavy (non-hydrogen) atoms. The van der Waals surface area contributed by atoms with Crippen LogP contribution in [-0.4, -0.2) is 24.0 Å². The largest absolute Gasteiger partial charge is 0.326 e. The van der Waals surface area contributed by atoms with Gasteiger partial charge in [0.25, 0.3) is 0 Å². The molecular formula is C14H21N3O. The van der Waals surface area contributed by atoms with E-state index in [4.69, 9.17) is 5.73 Å². The molecule has 0 saturated carbocycles. The van der Waals surface area contributed by atoms with Crippen molar-refractivity contribution in [3.05, 3.63) is 29.8 Å². The van der Waals surface area contributed by atoms with Crippen LogP contribution in [0.4, 0.5) is 10.5 Å². The van der Waals surface area contributed by atoms with Crippen LogP contribution in [0.25, 0.3) is 0 Å². The number of likely N-dealkylation sites (tertiary alicyclic amines) is 1. The minimum atomic E-state index is 0.00190. The Morgan fingerprint density at radius 3 is 2.78 bits per heavy atom. The van der Waals surface area contributed by atoms with Crippen LogP contribution in [0.5, 0.6) is 0 Å². The van der Waals surface area contributed by atoms with Crippen molar-refractivity contribution in [3.8, 4) is 0 Å². The molecule has 98 valence electrons. The van der Waals surface area contributed by atoms with Gasteiger partial charge < -0.3 is 16.0 Å². The van der Waals surface area contributed by atoms with Crippen molar-refractivity contribution >= 4 is 11.7 Å². The average molecular weight is 247 g/mol. The highest BCUT2D eigenvalue weighted by molar-refractivity contribution is 5.89. The fourth-order valence-electron chi connectivity index (χ4n) is 2.30. The molecule has 1 aliphatic rings. The monoisotopic (exact) mass is 247 g/mol. The Hall–Kier alpha value is -1.55. The molecule has 0 aromatic heterocycles. The molecule has 4 nitrogen and oxygen atoms in total. The summed E-state index contributed by atoms with van der Waals surface area (Å²) < 4.78 is 0. The topological polar surface area (TPSA) is 58.4 Å². The third-order valence-electron chi connectivity index (χ3n) is 3.39. The summed E-state index contributed by atoms with van der Waals surface area (Å²) in [6, 6.07) is 7.67. The predicted molar refractivity (Wildman–Crippen MR) is 73.3 cm³/mol. The number of hydrogen-bond donors (Lipinski definition) is 2. The molecule has 1 saturated heterocycles. The van der Waals surface area contributed by atoms with Gasteiger partial charge in [0.15, 0.2) is 0 Å². The second-order valence-corrected chi connectivity index (χ2v) is 5.02. The van der Waals surface area contributed by atoms with Gasteiger partial charge in [-0.3, -0.25) is 0 Å². The van der Waals surface area contributed by atoms with E-state index < -0.39 is 0 Å². The number of nitrogens with zero attached hydrogens (tertiary/aromatic N) is 1.